The van der Waals surface area contributed by atoms with Crippen LogP contribution in [0.5, 0.6) is 11.5 Å². The van der Waals surface area contributed by atoms with Gasteiger partial charge in [0.1, 0.15) is 0 Å². The third kappa shape index (κ3) is 2.78. The number of nitrogens with zero attached hydrogens (tertiary/aromatic N) is 1. The first kappa shape index (κ1) is 14.4. The number of methoxy groups -OCH3 is 2. The Morgan fingerprint density at radius 3 is 2.62 bits per heavy atom. The molecule has 1 aliphatic rings. The number of thiophene rings is 1. The molecule has 21 heavy (non-hydrogen) atoms. The highest BCUT2D eigenvalue weighted by atomic mass is 32.1. The summed E-state index contributed by atoms with van der Waals surface area (Å²) in [6, 6.07) is 6.54. The highest BCUT2D eigenvalue weighted by Crippen LogP contribution is 2.38. The average Bonchev–Trinajstić information content (AvgIpc) is 2.98. The second-order valence-corrected chi connectivity index (χ2v) is 6.31. The van der Waals surface area contributed by atoms with Crippen molar-refractivity contribution >= 4 is 11.3 Å². The van der Waals surface area contributed by atoms with E-state index in [1.54, 1.807) is 25.6 Å². The molecule has 0 aliphatic carbocycles. The van der Waals surface area contributed by atoms with Crippen molar-refractivity contribution in [2.24, 2.45) is 0 Å². The Bertz CT molecular complexity index is 610. The molecule has 112 valence electrons. The molecule has 0 spiro atoms. The van der Waals surface area contributed by atoms with Crippen molar-refractivity contribution in [3.8, 4) is 11.5 Å². The number of likely N-dealkylation sites (N-methyl/N-ethyl adjacent to an activating group) is 1. The van der Waals surface area contributed by atoms with Gasteiger partial charge in [-0.05, 0) is 59.1 Å². The minimum absolute atomic E-state index is 0.401. The lowest BCUT2D eigenvalue weighted by molar-refractivity contribution is 0.338. The second kappa shape index (κ2) is 6.08. The second-order valence-electron chi connectivity index (χ2n) is 5.53. The lowest BCUT2D eigenvalue weighted by Crippen LogP contribution is -2.24. The summed E-state index contributed by atoms with van der Waals surface area (Å²) in [6.45, 7) is 2.11. The van der Waals surface area contributed by atoms with Gasteiger partial charge in [0.05, 0.1) is 14.2 Å². The summed E-state index contributed by atoms with van der Waals surface area (Å²) in [4.78, 5) is 2.40. The van der Waals surface area contributed by atoms with E-state index in [0.29, 0.717) is 5.92 Å². The molecule has 0 N–H and O–H groups in total. The molecule has 1 aromatic heterocycles. The summed E-state index contributed by atoms with van der Waals surface area (Å²) in [5.41, 5.74) is 4.13. The van der Waals surface area contributed by atoms with Crippen molar-refractivity contribution in [2.45, 2.75) is 12.3 Å². The van der Waals surface area contributed by atoms with Crippen LogP contribution in [0.25, 0.3) is 0 Å². The lowest BCUT2D eigenvalue weighted by atomic mass is 9.89. The van der Waals surface area contributed by atoms with Crippen molar-refractivity contribution in [2.75, 3.05) is 34.4 Å². The number of ether oxygens (including phenoxy) is 2. The molecule has 0 amide bonds. The molecular formula is C17H21NO2S. The van der Waals surface area contributed by atoms with Crippen molar-refractivity contribution in [3.63, 3.8) is 0 Å². The largest absolute Gasteiger partial charge is 0.493 e. The van der Waals surface area contributed by atoms with Crippen LogP contribution in [0.3, 0.4) is 0 Å². The standard InChI is InChI=1S/C17H21NO2S/c1-18-6-4-12-8-16(19-2)17(20-3)9-14(12)15(10-18)13-5-7-21-11-13/h5,7-9,11,15H,4,6,10H2,1-3H3. The molecule has 0 fully saturated rings. The number of rotatable bonds is 3. The van der Waals surface area contributed by atoms with E-state index in [1.165, 1.54) is 16.7 Å². The molecule has 2 heterocycles. The summed E-state index contributed by atoms with van der Waals surface area (Å²) >= 11 is 1.76. The zero-order valence-electron chi connectivity index (χ0n) is 12.8. The van der Waals surface area contributed by atoms with E-state index in [9.17, 15) is 0 Å². The van der Waals surface area contributed by atoms with Crippen molar-refractivity contribution in [1.82, 2.24) is 4.90 Å². The third-order valence-electron chi connectivity index (χ3n) is 4.22. The predicted octanol–water partition coefficient (Wildman–Crippen LogP) is 3.39. The van der Waals surface area contributed by atoms with Crippen LogP contribution in [-0.2, 0) is 6.42 Å². The molecule has 1 atom stereocenters. The maximum Gasteiger partial charge on any atom is 0.161 e. The van der Waals surface area contributed by atoms with Gasteiger partial charge in [-0.1, -0.05) is 0 Å². The Hall–Kier alpha value is -1.52. The summed E-state index contributed by atoms with van der Waals surface area (Å²) in [5.74, 6) is 2.05. The SMILES string of the molecule is COc1cc2c(cc1OC)C(c1ccsc1)CN(C)CC2. The van der Waals surface area contributed by atoms with Crippen LogP contribution >= 0.6 is 11.3 Å². The maximum absolute atomic E-state index is 5.50. The molecule has 1 unspecified atom stereocenters. The fourth-order valence-electron chi connectivity index (χ4n) is 3.05. The molecule has 2 aromatic rings. The first-order valence-electron chi connectivity index (χ1n) is 7.18. The van der Waals surface area contributed by atoms with Gasteiger partial charge in [-0.25, -0.2) is 0 Å². The quantitative estimate of drug-likeness (QED) is 0.867. The van der Waals surface area contributed by atoms with Gasteiger partial charge in [0.25, 0.3) is 0 Å². The van der Waals surface area contributed by atoms with Crippen molar-refractivity contribution in [3.05, 3.63) is 45.6 Å². The van der Waals surface area contributed by atoms with E-state index >= 15 is 0 Å². The Balaban J connectivity index is 2.11. The zero-order chi connectivity index (χ0) is 14.8. The van der Waals surface area contributed by atoms with Crippen LogP contribution in [-0.4, -0.2) is 39.3 Å². The molecule has 1 aliphatic heterocycles. The number of hydrogen-bond acceptors (Lipinski definition) is 4. The van der Waals surface area contributed by atoms with Gasteiger partial charge in [-0.15, -0.1) is 0 Å². The molecule has 3 nitrogen and oxygen atoms in total. The van der Waals surface area contributed by atoms with Gasteiger partial charge >= 0.3 is 0 Å². The average molecular weight is 303 g/mol. The summed E-state index contributed by atoms with van der Waals surface area (Å²) in [6.07, 6.45) is 1.05. The highest BCUT2D eigenvalue weighted by Gasteiger charge is 2.25. The molecule has 0 radical (unpaired) electrons. The number of fused-ring (bicyclic) bond motifs is 1. The van der Waals surface area contributed by atoms with E-state index in [-0.39, 0.29) is 0 Å². The topological polar surface area (TPSA) is 21.7 Å². The predicted molar refractivity (Wildman–Crippen MR) is 86.9 cm³/mol. The van der Waals surface area contributed by atoms with Crippen LogP contribution < -0.4 is 9.47 Å². The molecule has 0 saturated heterocycles. The van der Waals surface area contributed by atoms with Gasteiger partial charge in [-0.3, -0.25) is 0 Å². The first-order valence-corrected chi connectivity index (χ1v) is 8.12. The van der Waals surface area contributed by atoms with E-state index in [2.05, 4.69) is 40.9 Å². The summed E-state index contributed by atoms with van der Waals surface area (Å²) in [7, 11) is 5.59. The van der Waals surface area contributed by atoms with Crippen LogP contribution in [0.2, 0.25) is 0 Å². The molecular weight excluding hydrogens is 282 g/mol. The first-order chi connectivity index (χ1) is 10.2. The molecule has 4 heteroatoms. The van der Waals surface area contributed by atoms with E-state index in [1.807, 2.05) is 0 Å². The van der Waals surface area contributed by atoms with Crippen LogP contribution in [0.15, 0.2) is 29.0 Å². The Labute approximate surface area is 130 Å². The van der Waals surface area contributed by atoms with Crippen molar-refractivity contribution < 1.29 is 9.47 Å². The summed E-state index contributed by atoms with van der Waals surface area (Å²) < 4.78 is 11.0. The lowest BCUT2D eigenvalue weighted by Gasteiger charge is -2.21. The molecule has 1 aromatic carbocycles. The molecule has 3 rings (SSSR count). The van der Waals surface area contributed by atoms with E-state index in [0.717, 1.165) is 31.0 Å². The normalized spacial score (nSPS) is 18.9. The smallest absolute Gasteiger partial charge is 0.161 e. The fraction of sp³-hybridized carbons (Fsp3) is 0.412. The van der Waals surface area contributed by atoms with Gasteiger partial charge in [0.15, 0.2) is 11.5 Å². The number of hydrogen-bond donors (Lipinski definition) is 0. The fourth-order valence-corrected chi connectivity index (χ4v) is 3.76. The maximum atomic E-state index is 5.50. The van der Waals surface area contributed by atoms with Gasteiger partial charge in [0, 0.05) is 19.0 Å². The van der Waals surface area contributed by atoms with Gasteiger partial charge < -0.3 is 14.4 Å². The van der Waals surface area contributed by atoms with Crippen molar-refractivity contribution in [1.29, 1.82) is 0 Å². The van der Waals surface area contributed by atoms with Crippen LogP contribution in [0.1, 0.15) is 22.6 Å². The minimum atomic E-state index is 0.401. The third-order valence-corrected chi connectivity index (χ3v) is 4.92. The Kier molecular flexibility index (Phi) is 4.17. The Morgan fingerprint density at radius 1 is 1.19 bits per heavy atom. The van der Waals surface area contributed by atoms with Crippen LogP contribution in [0.4, 0.5) is 0 Å². The molecule has 0 saturated carbocycles. The minimum Gasteiger partial charge on any atom is -0.493 e. The van der Waals surface area contributed by atoms with E-state index < -0.39 is 0 Å². The highest BCUT2D eigenvalue weighted by molar-refractivity contribution is 7.08. The monoisotopic (exact) mass is 303 g/mol. The van der Waals surface area contributed by atoms with Crippen LogP contribution in [0, 0.1) is 0 Å². The number of benzene rings is 1. The molecule has 0 bridgehead atoms. The van der Waals surface area contributed by atoms with Gasteiger partial charge in [0.2, 0.25) is 0 Å². The van der Waals surface area contributed by atoms with Gasteiger partial charge in [-0.2, -0.15) is 11.3 Å². The summed E-state index contributed by atoms with van der Waals surface area (Å²) in [5, 5.41) is 4.41. The zero-order valence-corrected chi connectivity index (χ0v) is 13.6. The van der Waals surface area contributed by atoms with E-state index in [4.69, 9.17) is 9.47 Å². The Morgan fingerprint density at radius 2 is 1.95 bits per heavy atom.